The molecule has 2 amide bonds. The van der Waals surface area contributed by atoms with E-state index < -0.39 is 0 Å². The zero-order valence-corrected chi connectivity index (χ0v) is 15.6. The van der Waals surface area contributed by atoms with Crippen LogP contribution in [0.3, 0.4) is 0 Å². The van der Waals surface area contributed by atoms with Crippen molar-refractivity contribution in [3.05, 3.63) is 54.6 Å². The van der Waals surface area contributed by atoms with Crippen molar-refractivity contribution in [1.82, 2.24) is 15.3 Å². The molecule has 0 aliphatic carbocycles. The van der Waals surface area contributed by atoms with E-state index in [1.54, 1.807) is 17.3 Å². The quantitative estimate of drug-likeness (QED) is 0.769. The van der Waals surface area contributed by atoms with Crippen LogP contribution < -0.4 is 15.8 Å². The fourth-order valence-corrected chi connectivity index (χ4v) is 4.30. The number of carbonyl (C=O) groups is 2. The smallest absolute Gasteiger partial charge is 0.247 e. The summed E-state index contributed by atoms with van der Waals surface area (Å²) in [7, 11) is 0. The van der Waals surface area contributed by atoms with Crippen molar-refractivity contribution in [3.8, 4) is 0 Å². The van der Waals surface area contributed by atoms with Gasteiger partial charge in [-0.25, -0.2) is 15.4 Å². The monoisotopic (exact) mass is 383 g/mol. The molecule has 0 radical (unpaired) electrons. The second-order valence-electron chi connectivity index (χ2n) is 6.71. The number of hydrogen-bond acceptors (Lipinski definition) is 6. The number of fused-ring (bicyclic) bond motifs is 1. The molecule has 7 nitrogen and oxygen atoms in total. The molecule has 3 unspecified atom stereocenters. The van der Waals surface area contributed by atoms with Gasteiger partial charge >= 0.3 is 0 Å². The predicted octanol–water partition coefficient (Wildman–Crippen LogP) is 1.74. The van der Waals surface area contributed by atoms with E-state index in [-0.39, 0.29) is 29.7 Å². The van der Waals surface area contributed by atoms with Crippen LogP contribution in [0, 0.1) is 11.8 Å². The number of likely N-dealkylation sites (tertiary alicyclic amines) is 1. The summed E-state index contributed by atoms with van der Waals surface area (Å²) in [5, 5.41) is 6.85. The number of aromatic nitrogens is 1. The zero-order valence-electron chi connectivity index (χ0n) is 14.7. The number of rotatable bonds is 5. The number of amides is 2. The van der Waals surface area contributed by atoms with Crippen molar-refractivity contribution in [3.63, 3.8) is 0 Å². The number of nitrogens with one attached hydrogen (secondary N) is 2. The first-order valence-electron chi connectivity index (χ1n) is 8.86. The average molecular weight is 383 g/mol. The first-order valence-corrected chi connectivity index (χ1v) is 9.74. The molecule has 2 saturated heterocycles. The highest BCUT2D eigenvalue weighted by Crippen LogP contribution is 2.32. The molecule has 0 bridgehead atoms. The van der Waals surface area contributed by atoms with E-state index >= 15 is 0 Å². The maximum Gasteiger partial charge on any atom is 0.247 e. The Balaban J connectivity index is 1.59. The number of thiazole rings is 1. The number of hydrazine groups is 1. The van der Waals surface area contributed by atoms with Gasteiger partial charge in [-0.3, -0.25) is 14.5 Å². The minimum absolute atomic E-state index is 0.00740. The lowest BCUT2D eigenvalue weighted by atomic mass is 9.84. The number of nitrogens with zero attached hydrogens (tertiary/aromatic N) is 3. The molecule has 2 aliphatic heterocycles. The second-order valence-corrected chi connectivity index (χ2v) is 7.61. The van der Waals surface area contributed by atoms with E-state index in [4.69, 9.17) is 0 Å². The highest BCUT2D eigenvalue weighted by molar-refractivity contribution is 7.13. The first-order chi connectivity index (χ1) is 13.2. The first kappa shape index (κ1) is 17.8. The molecule has 2 aromatic rings. The van der Waals surface area contributed by atoms with Gasteiger partial charge in [0, 0.05) is 31.2 Å². The van der Waals surface area contributed by atoms with Gasteiger partial charge in [0.2, 0.25) is 11.8 Å². The SMILES string of the molecule is C=CCN1CC(C(=O)Nc2nccs2)C2NN(c3ccccc3)C(=O)C2C1. The molecule has 27 heavy (non-hydrogen) atoms. The van der Waals surface area contributed by atoms with Crippen LogP contribution in [0.5, 0.6) is 0 Å². The molecule has 2 fully saturated rings. The molecule has 1 aromatic heterocycles. The van der Waals surface area contributed by atoms with Crippen molar-refractivity contribution >= 4 is 34.0 Å². The Morgan fingerprint density at radius 2 is 2.19 bits per heavy atom. The fourth-order valence-electron chi connectivity index (χ4n) is 3.77. The fraction of sp³-hybridized carbons (Fsp3) is 0.316. The van der Waals surface area contributed by atoms with Crippen LogP contribution in [0.25, 0.3) is 0 Å². The van der Waals surface area contributed by atoms with Crippen LogP contribution in [-0.2, 0) is 9.59 Å². The molecule has 8 heteroatoms. The number of benzene rings is 1. The number of anilines is 2. The van der Waals surface area contributed by atoms with Gasteiger partial charge in [-0.15, -0.1) is 17.9 Å². The molecule has 0 saturated carbocycles. The van der Waals surface area contributed by atoms with Crippen LogP contribution in [-0.4, -0.2) is 47.4 Å². The topological polar surface area (TPSA) is 77.6 Å². The van der Waals surface area contributed by atoms with Gasteiger partial charge in [-0.1, -0.05) is 24.3 Å². The van der Waals surface area contributed by atoms with Crippen molar-refractivity contribution in [1.29, 1.82) is 0 Å². The third-order valence-corrected chi connectivity index (χ3v) is 5.68. The maximum absolute atomic E-state index is 13.0. The van der Waals surface area contributed by atoms with E-state index in [9.17, 15) is 9.59 Å². The van der Waals surface area contributed by atoms with Crippen LogP contribution >= 0.6 is 11.3 Å². The van der Waals surface area contributed by atoms with Crippen molar-refractivity contribution < 1.29 is 9.59 Å². The summed E-state index contributed by atoms with van der Waals surface area (Å²) in [6, 6.07) is 9.21. The summed E-state index contributed by atoms with van der Waals surface area (Å²) in [5.41, 5.74) is 4.07. The molecule has 2 aliphatic rings. The molecule has 3 heterocycles. The van der Waals surface area contributed by atoms with Crippen molar-refractivity contribution in [2.45, 2.75) is 6.04 Å². The van der Waals surface area contributed by atoms with Gasteiger partial charge in [-0.05, 0) is 12.1 Å². The summed E-state index contributed by atoms with van der Waals surface area (Å²) < 4.78 is 0. The second kappa shape index (κ2) is 7.59. The van der Waals surface area contributed by atoms with Crippen molar-refractivity contribution in [2.75, 3.05) is 30.0 Å². The minimum atomic E-state index is -0.370. The van der Waals surface area contributed by atoms with Crippen molar-refractivity contribution in [2.24, 2.45) is 11.8 Å². The highest BCUT2D eigenvalue weighted by Gasteiger charge is 2.50. The molecular weight excluding hydrogens is 362 g/mol. The summed E-state index contributed by atoms with van der Waals surface area (Å²) in [5.74, 6) is -0.785. The van der Waals surface area contributed by atoms with Gasteiger partial charge in [0.05, 0.1) is 23.6 Å². The van der Waals surface area contributed by atoms with Crippen LogP contribution in [0.15, 0.2) is 54.6 Å². The third kappa shape index (κ3) is 3.51. The number of piperidine rings is 1. The lowest BCUT2D eigenvalue weighted by Gasteiger charge is -2.37. The summed E-state index contributed by atoms with van der Waals surface area (Å²) in [4.78, 5) is 32.2. The van der Waals surface area contributed by atoms with Gasteiger partial charge in [0.1, 0.15) is 0 Å². The Bertz CT molecular complexity index is 826. The van der Waals surface area contributed by atoms with E-state index in [1.165, 1.54) is 11.3 Å². The zero-order chi connectivity index (χ0) is 18.8. The lowest BCUT2D eigenvalue weighted by Crippen LogP contribution is -2.56. The lowest BCUT2D eigenvalue weighted by molar-refractivity contribution is -0.125. The minimum Gasteiger partial charge on any atom is -0.302 e. The van der Waals surface area contributed by atoms with Gasteiger partial charge in [0.15, 0.2) is 5.13 Å². The third-order valence-electron chi connectivity index (χ3n) is 4.99. The predicted molar refractivity (Wildman–Crippen MR) is 105 cm³/mol. The Morgan fingerprint density at radius 1 is 1.37 bits per heavy atom. The van der Waals surface area contributed by atoms with Crippen LogP contribution in [0.4, 0.5) is 10.8 Å². The number of carbonyl (C=O) groups excluding carboxylic acids is 2. The Kier molecular flexibility index (Phi) is 5.02. The van der Waals surface area contributed by atoms with Crippen LogP contribution in [0.2, 0.25) is 0 Å². The van der Waals surface area contributed by atoms with E-state index in [2.05, 4.69) is 27.2 Å². The summed E-state index contributed by atoms with van der Waals surface area (Å²) in [6.45, 7) is 5.60. The Hall–Kier alpha value is -2.55. The van der Waals surface area contributed by atoms with Crippen LogP contribution in [0.1, 0.15) is 0 Å². The molecule has 1 aromatic carbocycles. The van der Waals surface area contributed by atoms with Gasteiger partial charge in [-0.2, -0.15) is 0 Å². The normalized spacial score (nSPS) is 25.3. The van der Waals surface area contributed by atoms with E-state index in [1.807, 2.05) is 35.7 Å². The molecular formula is C19H21N5O2S. The molecule has 0 spiro atoms. The molecule has 4 rings (SSSR count). The number of para-hydroxylation sites is 1. The summed E-state index contributed by atoms with van der Waals surface area (Å²) in [6.07, 6.45) is 3.46. The molecule has 140 valence electrons. The van der Waals surface area contributed by atoms with Gasteiger partial charge < -0.3 is 5.32 Å². The van der Waals surface area contributed by atoms with E-state index in [0.29, 0.717) is 24.8 Å². The molecule has 2 N–H and O–H groups in total. The largest absolute Gasteiger partial charge is 0.302 e. The molecule has 3 atom stereocenters. The van der Waals surface area contributed by atoms with E-state index in [0.717, 1.165) is 5.69 Å². The highest BCUT2D eigenvalue weighted by atomic mass is 32.1. The maximum atomic E-state index is 13.0. The van der Waals surface area contributed by atoms with Gasteiger partial charge in [0.25, 0.3) is 0 Å². The standard InChI is InChI=1S/C19H21N5O2S/c1-2-9-23-11-14(17(25)21-19-20-8-10-27-19)16-15(12-23)18(26)24(22-16)13-6-4-3-5-7-13/h2-8,10,14-16,22H,1,9,11-12H2,(H,20,21,25). The Morgan fingerprint density at radius 3 is 2.89 bits per heavy atom. The Labute approximate surface area is 161 Å². The average Bonchev–Trinajstić information content (AvgIpc) is 3.30. The summed E-state index contributed by atoms with van der Waals surface area (Å²) >= 11 is 1.38. The number of hydrogen-bond donors (Lipinski definition) is 2.